The first kappa shape index (κ1) is 12.1. The molecule has 0 atom stereocenters. The highest BCUT2D eigenvalue weighted by Gasteiger charge is 2.10. The molecule has 0 radical (unpaired) electrons. The third-order valence-corrected chi connectivity index (χ3v) is 3.84. The summed E-state index contributed by atoms with van der Waals surface area (Å²) in [5, 5.41) is 0.984. The van der Waals surface area contributed by atoms with E-state index in [0.717, 1.165) is 10.0 Å². The predicted octanol–water partition coefficient (Wildman–Crippen LogP) is 2.99. The lowest BCUT2D eigenvalue weighted by molar-refractivity contribution is 1.09. The van der Waals surface area contributed by atoms with Crippen LogP contribution in [0.4, 0.5) is 10.8 Å². The topological polar surface area (TPSA) is 42.2 Å². The lowest BCUT2D eigenvalue weighted by Gasteiger charge is -2.18. The summed E-state index contributed by atoms with van der Waals surface area (Å²) in [7, 11) is 2.04. The average Bonchev–Trinajstić information content (AvgIpc) is 2.76. The maximum Gasteiger partial charge on any atom is 0.189 e. The molecule has 0 amide bonds. The minimum absolute atomic E-state index is 0.554. The van der Waals surface area contributed by atoms with Gasteiger partial charge in [-0.25, -0.2) is 4.98 Å². The minimum Gasteiger partial charge on any atom is -0.326 e. The molecule has 0 fully saturated rings. The first-order chi connectivity index (χ1) is 8.11. The number of nitrogens with two attached hydrogens (primary N) is 1. The molecule has 1 aromatic heterocycles. The van der Waals surface area contributed by atoms with Crippen LogP contribution in [-0.4, -0.2) is 12.0 Å². The van der Waals surface area contributed by atoms with Gasteiger partial charge in [0, 0.05) is 30.4 Å². The van der Waals surface area contributed by atoms with Gasteiger partial charge in [0.25, 0.3) is 0 Å². The summed E-state index contributed by atoms with van der Waals surface area (Å²) >= 11 is 1.64. The molecule has 0 aliphatic heterocycles. The SMILES string of the molecule is Cc1ccc(N(C)c2ncc(CN)s2)c(C)c1. The molecule has 1 heterocycles. The zero-order chi connectivity index (χ0) is 12.4. The molecule has 0 saturated heterocycles. The lowest BCUT2D eigenvalue weighted by atomic mass is 10.1. The molecule has 0 saturated carbocycles. The summed E-state index contributed by atoms with van der Waals surface area (Å²) in [6, 6.07) is 6.44. The Morgan fingerprint density at radius 2 is 2.12 bits per heavy atom. The quantitative estimate of drug-likeness (QED) is 0.906. The van der Waals surface area contributed by atoms with E-state index >= 15 is 0 Å². The normalized spacial score (nSPS) is 10.6. The van der Waals surface area contributed by atoms with E-state index in [4.69, 9.17) is 5.73 Å². The molecule has 2 rings (SSSR count). The highest BCUT2D eigenvalue weighted by molar-refractivity contribution is 7.15. The first-order valence-electron chi connectivity index (χ1n) is 5.57. The molecule has 3 nitrogen and oxygen atoms in total. The van der Waals surface area contributed by atoms with Crippen molar-refractivity contribution in [2.75, 3.05) is 11.9 Å². The molecule has 2 aromatic rings. The maximum absolute atomic E-state index is 5.60. The lowest BCUT2D eigenvalue weighted by Crippen LogP contribution is -2.10. The van der Waals surface area contributed by atoms with E-state index in [2.05, 4.69) is 41.9 Å². The largest absolute Gasteiger partial charge is 0.326 e. The summed E-state index contributed by atoms with van der Waals surface area (Å²) in [6.45, 7) is 4.78. The van der Waals surface area contributed by atoms with Gasteiger partial charge in [-0.15, -0.1) is 11.3 Å². The van der Waals surface area contributed by atoms with Crippen molar-refractivity contribution in [1.29, 1.82) is 0 Å². The Kier molecular flexibility index (Phi) is 3.45. The number of aromatic nitrogens is 1. The Bertz CT molecular complexity index is 519. The molecule has 0 spiro atoms. The molecule has 0 aliphatic rings. The number of rotatable bonds is 3. The highest BCUT2D eigenvalue weighted by atomic mass is 32.1. The molecule has 0 aliphatic carbocycles. The van der Waals surface area contributed by atoms with Gasteiger partial charge in [-0.2, -0.15) is 0 Å². The molecule has 0 unspecified atom stereocenters. The van der Waals surface area contributed by atoms with Crippen LogP contribution in [0.3, 0.4) is 0 Å². The summed E-state index contributed by atoms with van der Waals surface area (Å²) in [4.78, 5) is 7.61. The fourth-order valence-electron chi connectivity index (χ4n) is 1.83. The Hall–Kier alpha value is -1.39. The van der Waals surface area contributed by atoms with Crippen LogP contribution in [0.5, 0.6) is 0 Å². The number of hydrogen-bond donors (Lipinski definition) is 1. The van der Waals surface area contributed by atoms with Crippen molar-refractivity contribution < 1.29 is 0 Å². The van der Waals surface area contributed by atoms with Gasteiger partial charge >= 0.3 is 0 Å². The molecule has 1 aromatic carbocycles. The van der Waals surface area contributed by atoms with Crippen molar-refractivity contribution in [3.63, 3.8) is 0 Å². The van der Waals surface area contributed by atoms with Crippen molar-refractivity contribution in [1.82, 2.24) is 4.98 Å². The van der Waals surface area contributed by atoms with Crippen LogP contribution < -0.4 is 10.6 Å². The van der Waals surface area contributed by atoms with Crippen LogP contribution in [0.25, 0.3) is 0 Å². The number of nitrogens with zero attached hydrogens (tertiary/aromatic N) is 2. The van der Waals surface area contributed by atoms with Gasteiger partial charge in [-0.3, -0.25) is 0 Å². The van der Waals surface area contributed by atoms with Crippen LogP contribution in [0.1, 0.15) is 16.0 Å². The fraction of sp³-hybridized carbons (Fsp3) is 0.308. The second-order valence-electron chi connectivity index (χ2n) is 4.16. The molecular formula is C13H17N3S. The average molecular weight is 247 g/mol. The fourth-order valence-corrected chi connectivity index (χ4v) is 2.60. The Labute approximate surface area is 106 Å². The Morgan fingerprint density at radius 1 is 1.35 bits per heavy atom. The third kappa shape index (κ3) is 2.48. The van der Waals surface area contributed by atoms with E-state index in [0.29, 0.717) is 6.54 Å². The highest BCUT2D eigenvalue weighted by Crippen LogP contribution is 2.30. The van der Waals surface area contributed by atoms with Crippen LogP contribution in [0, 0.1) is 13.8 Å². The van der Waals surface area contributed by atoms with Crippen molar-refractivity contribution in [2.45, 2.75) is 20.4 Å². The number of thiazole rings is 1. The maximum atomic E-state index is 5.60. The van der Waals surface area contributed by atoms with Crippen LogP contribution >= 0.6 is 11.3 Å². The summed E-state index contributed by atoms with van der Waals surface area (Å²) in [5.41, 5.74) is 9.33. The summed E-state index contributed by atoms with van der Waals surface area (Å²) in [6.07, 6.45) is 1.85. The number of anilines is 2. The molecule has 4 heteroatoms. The summed E-state index contributed by atoms with van der Waals surface area (Å²) in [5.74, 6) is 0. The molecule has 17 heavy (non-hydrogen) atoms. The summed E-state index contributed by atoms with van der Waals surface area (Å²) < 4.78 is 0. The molecular weight excluding hydrogens is 230 g/mol. The first-order valence-corrected chi connectivity index (χ1v) is 6.39. The molecule has 2 N–H and O–H groups in total. The van der Waals surface area contributed by atoms with Gasteiger partial charge in [0.05, 0.1) is 0 Å². The van der Waals surface area contributed by atoms with Gasteiger partial charge in [0.1, 0.15) is 0 Å². The van der Waals surface area contributed by atoms with Gasteiger partial charge in [-0.1, -0.05) is 17.7 Å². The predicted molar refractivity (Wildman–Crippen MR) is 74.0 cm³/mol. The van der Waals surface area contributed by atoms with Crippen molar-refractivity contribution in [2.24, 2.45) is 5.73 Å². The van der Waals surface area contributed by atoms with Crippen LogP contribution in [-0.2, 0) is 6.54 Å². The molecule has 0 bridgehead atoms. The minimum atomic E-state index is 0.554. The van der Waals surface area contributed by atoms with E-state index in [1.165, 1.54) is 16.8 Å². The Morgan fingerprint density at radius 3 is 2.71 bits per heavy atom. The number of benzene rings is 1. The zero-order valence-electron chi connectivity index (χ0n) is 10.4. The zero-order valence-corrected chi connectivity index (χ0v) is 11.2. The van der Waals surface area contributed by atoms with Crippen molar-refractivity contribution in [3.05, 3.63) is 40.4 Å². The van der Waals surface area contributed by atoms with Gasteiger partial charge < -0.3 is 10.6 Å². The smallest absolute Gasteiger partial charge is 0.189 e. The van der Waals surface area contributed by atoms with Crippen molar-refractivity contribution >= 4 is 22.2 Å². The second-order valence-corrected chi connectivity index (χ2v) is 5.26. The van der Waals surface area contributed by atoms with Gasteiger partial charge in [-0.05, 0) is 25.5 Å². The number of aryl methyl sites for hydroxylation is 2. The van der Waals surface area contributed by atoms with Gasteiger partial charge in [0.15, 0.2) is 5.13 Å². The van der Waals surface area contributed by atoms with Gasteiger partial charge in [0.2, 0.25) is 0 Å². The molecule has 90 valence electrons. The monoisotopic (exact) mass is 247 g/mol. The van der Waals surface area contributed by atoms with Crippen LogP contribution in [0.15, 0.2) is 24.4 Å². The number of hydrogen-bond acceptors (Lipinski definition) is 4. The van der Waals surface area contributed by atoms with E-state index in [1.807, 2.05) is 13.2 Å². The van der Waals surface area contributed by atoms with E-state index in [1.54, 1.807) is 11.3 Å². The van der Waals surface area contributed by atoms with Crippen LogP contribution in [0.2, 0.25) is 0 Å². The van der Waals surface area contributed by atoms with Crippen molar-refractivity contribution in [3.8, 4) is 0 Å². The van der Waals surface area contributed by atoms with E-state index < -0.39 is 0 Å². The third-order valence-electron chi connectivity index (χ3n) is 2.74. The standard InChI is InChI=1S/C13H17N3S/c1-9-4-5-12(10(2)6-9)16(3)13-15-8-11(7-14)17-13/h4-6,8H,7,14H2,1-3H3. The van der Waals surface area contributed by atoms with E-state index in [9.17, 15) is 0 Å². The van der Waals surface area contributed by atoms with E-state index in [-0.39, 0.29) is 0 Å². The Balaban J connectivity index is 2.33. The second kappa shape index (κ2) is 4.85.